The molecule has 4 nitrogen and oxygen atoms in total. The Morgan fingerprint density at radius 1 is 1.50 bits per heavy atom. The minimum Gasteiger partial charge on any atom is -0.481 e. The van der Waals surface area contributed by atoms with Gasteiger partial charge in [-0.1, -0.05) is 0 Å². The van der Waals surface area contributed by atoms with Crippen molar-refractivity contribution in [3.05, 3.63) is 35.1 Å². The molecule has 0 amide bonds. The summed E-state index contributed by atoms with van der Waals surface area (Å²) < 4.78 is 13.3. The molecule has 0 saturated heterocycles. The van der Waals surface area contributed by atoms with E-state index in [2.05, 4.69) is 6.07 Å². The molecule has 108 valence electrons. The highest BCUT2D eigenvalue weighted by Crippen LogP contribution is 2.15. The van der Waals surface area contributed by atoms with E-state index in [-0.39, 0.29) is 18.3 Å². The molecule has 0 radical (unpaired) electrons. The number of hydrogen-bond acceptors (Lipinski definition) is 3. The predicted octanol–water partition coefficient (Wildman–Crippen LogP) is 2.77. The Bertz CT molecular complexity index is 509. The number of halogens is 1. The van der Waals surface area contributed by atoms with Crippen LogP contribution >= 0.6 is 0 Å². The summed E-state index contributed by atoms with van der Waals surface area (Å²) >= 11 is 0. The Morgan fingerprint density at radius 3 is 2.75 bits per heavy atom. The molecule has 1 aromatic rings. The lowest BCUT2D eigenvalue weighted by molar-refractivity contribution is -0.137. The average Bonchev–Trinajstić information content (AvgIpc) is 2.37. The number of aliphatic carboxylic acids is 1. The Labute approximate surface area is 118 Å². The molecule has 0 aliphatic heterocycles. The lowest BCUT2D eigenvalue weighted by Crippen LogP contribution is -2.32. The van der Waals surface area contributed by atoms with Gasteiger partial charge < -0.3 is 5.11 Å². The molecule has 0 heterocycles. The van der Waals surface area contributed by atoms with Crippen LogP contribution in [-0.2, 0) is 11.3 Å². The first-order valence-electron chi connectivity index (χ1n) is 6.58. The lowest BCUT2D eigenvalue weighted by atomic mass is 10.1. The molecule has 0 spiro atoms. The van der Waals surface area contributed by atoms with Gasteiger partial charge in [-0.15, -0.1) is 0 Å². The predicted molar refractivity (Wildman–Crippen MR) is 73.5 cm³/mol. The van der Waals surface area contributed by atoms with Crippen molar-refractivity contribution < 1.29 is 14.3 Å². The minimum atomic E-state index is -0.822. The van der Waals surface area contributed by atoms with Crippen molar-refractivity contribution in [3.63, 3.8) is 0 Å². The van der Waals surface area contributed by atoms with Gasteiger partial charge in [0.1, 0.15) is 5.82 Å². The van der Waals surface area contributed by atoms with E-state index in [4.69, 9.17) is 10.4 Å². The second-order valence-electron chi connectivity index (χ2n) is 4.97. The summed E-state index contributed by atoms with van der Waals surface area (Å²) in [5.74, 6) is -1.19. The number of benzene rings is 1. The summed E-state index contributed by atoms with van der Waals surface area (Å²) in [5, 5.41) is 17.7. The molecule has 0 aliphatic carbocycles. The fourth-order valence-corrected chi connectivity index (χ4v) is 1.97. The molecule has 0 unspecified atom stereocenters. The number of nitrogens with zero attached hydrogens (tertiary/aromatic N) is 2. The van der Waals surface area contributed by atoms with Crippen LogP contribution in [0.5, 0.6) is 0 Å². The highest BCUT2D eigenvalue weighted by molar-refractivity contribution is 5.66. The zero-order chi connectivity index (χ0) is 15.1. The first-order valence-corrected chi connectivity index (χ1v) is 6.58. The van der Waals surface area contributed by atoms with E-state index < -0.39 is 5.97 Å². The van der Waals surface area contributed by atoms with Crippen LogP contribution in [0.3, 0.4) is 0 Å². The number of carboxylic acids is 1. The average molecular weight is 278 g/mol. The van der Waals surface area contributed by atoms with Crippen molar-refractivity contribution in [2.45, 2.75) is 39.3 Å². The molecule has 0 saturated carbocycles. The van der Waals surface area contributed by atoms with Gasteiger partial charge in [0.25, 0.3) is 0 Å². The molecule has 0 fully saturated rings. The zero-order valence-electron chi connectivity index (χ0n) is 11.8. The van der Waals surface area contributed by atoms with E-state index >= 15 is 0 Å². The third-order valence-electron chi connectivity index (χ3n) is 3.13. The molecular weight excluding hydrogens is 259 g/mol. The van der Waals surface area contributed by atoms with Crippen molar-refractivity contribution in [1.82, 2.24) is 4.90 Å². The van der Waals surface area contributed by atoms with Crippen LogP contribution in [0, 0.1) is 17.1 Å². The van der Waals surface area contributed by atoms with Gasteiger partial charge in [-0.05, 0) is 50.6 Å². The molecular formula is C15H19FN2O2. The van der Waals surface area contributed by atoms with Gasteiger partial charge in [0.05, 0.1) is 11.6 Å². The van der Waals surface area contributed by atoms with Crippen LogP contribution in [0.15, 0.2) is 18.2 Å². The van der Waals surface area contributed by atoms with Crippen molar-refractivity contribution in [2.75, 3.05) is 6.54 Å². The van der Waals surface area contributed by atoms with Crippen LogP contribution < -0.4 is 0 Å². The second-order valence-corrected chi connectivity index (χ2v) is 4.97. The molecule has 1 rings (SSSR count). The fourth-order valence-electron chi connectivity index (χ4n) is 1.97. The van der Waals surface area contributed by atoms with Crippen LogP contribution in [0.1, 0.15) is 37.8 Å². The summed E-state index contributed by atoms with van der Waals surface area (Å²) in [6, 6.07) is 6.36. The normalized spacial score (nSPS) is 10.8. The van der Waals surface area contributed by atoms with Gasteiger partial charge in [-0.3, -0.25) is 9.69 Å². The van der Waals surface area contributed by atoms with E-state index in [0.717, 1.165) is 0 Å². The van der Waals surface area contributed by atoms with E-state index in [9.17, 15) is 9.18 Å². The van der Waals surface area contributed by atoms with E-state index in [1.54, 1.807) is 0 Å². The smallest absolute Gasteiger partial charge is 0.303 e. The first kappa shape index (κ1) is 16.1. The Morgan fingerprint density at radius 2 is 2.20 bits per heavy atom. The number of carbonyl (C=O) groups is 1. The Hall–Kier alpha value is -1.93. The Balaban J connectivity index is 2.77. The van der Waals surface area contributed by atoms with Crippen LogP contribution in [-0.4, -0.2) is 28.6 Å². The molecule has 0 atom stereocenters. The van der Waals surface area contributed by atoms with Crippen LogP contribution in [0.4, 0.5) is 4.39 Å². The standard InChI is InChI=1S/C15H19FN2O2/c1-11(2)18(7-3-4-15(19)20)10-13-8-14(16)6-5-12(13)9-17/h5-6,8,11H,3-4,7,10H2,1-2H3,(H,19,20). The number of rotatable bonds is 7. The van der Waals surface area contributed by atoms with Crippen molar-refractivity contribution in [2.24, 2.45) is 0 Å². The third kappa shape index (κ3) is 4.98. The largest absolute Gasteiger partial charge is 0.481 e. The monoisotopic (exact) mass is 278 g/mol. The quantitative estimate of drug-likeness (QED) is 0.833. The lowest BCUT2D eigenvalue weighted by Gasteiger charge is -2.26. The van der Waals surface area contributed by atoms with Crippen LogP contribution in [0.2, 0.25) is 0 Å². The topological polar surface area (TPSA) is 64.3 Å². The van der Waals surface area contributed by atoms with Gasteiger partial charge >= 0.3 is 5.97 Å². The number of nitriles is 1. The van der Waals surface area contributed by atoms with E-state index in [0.29, 0.717) is 30.6 Å². The van der Waals surface area contributed by atoms with E-state index in [1.165, 1.54) is 18.2 Å². The molecule has 1 aromatic carbocycles. The second kappa shape index (κ2) is 7.61. The maximum absolute atomic E-state index is 13.3. The summed E-state index contributed by atoms with van der Waals surface area (Å²) in [5.41, 5.74) is 1.09. The molecule has 0 aromatic heterocycles. The zero-order valence-corrected chi connectivity index (χ0v) is 11.8. The van der Waals surface area contributed by atoms with Gasteiger partial charge in [0.15, 0.2) is 0 Å². The SMILES string of the molecule is CC(C)N(CCCC(=O)O)Cc1cc(F)ccc1C#N. The number of hydrogen-bond donors (Lipinski definition) is 1. The first-order chi connectivity index (χ1) is 9.43. The summed E-state index contributed by atoms with van der Waals surface area (Å²) in [6.07, 6.45) is 0.641. The Kier molecular flexibility index (Phi) is 6.13. The molecule has 0 bridgehead atoms. The van der Waals surface area contributed by atoms with Gasteiger partial charge in [0, 0.05) is 19.0 Å². The minimum absolute atomic E-state index is 0.109. The summed E-state index contributed by atoms with van der Waals surface area (Å²) in [7, 11) is 0. The van der Waals surface area contributed by atoms with Gasteiger partial charge in [0.2, 0.25) is 0 Å². The van der Waals surface area contributed by atoms with Crippen LogP contribution in [0.25, 0.3) is 0 Å². The maximum Gasteiger partial charge on any atom is 0.303 e. The van der Waals surface area contributed by atoms with Gasteiger partial charge in [-0.25, -0.2) is 4.39 Å². The molecule has 20 heavy (non-hydrogen) atoms. The molecule has 5 heteroatoms. The number of carboxylic acid groups (broad SMARTS) is 1. The summed E-state index contributed by atoms with van der Waals surface area (Å²) in [6.45, 7) is 5.03. The van der Waals surface area contributed by atoms with Crippen molar-refractivity contribution in [3.8, 4) is 6.07 Å². The third-order valence-corrected chi connectivity index (χ3v) is 3.13. The van der Waals surface area contributed by atoms with Crippen molar-refractivity contribution >= 4 is 5.97 Å². The van der Waals surface area contributed by atoms with E-state index in [1.807, 2.05) is 18.7 Å². The maximum atomic E-state index is 13.3. The van der Waals surface area contributed by atoms with Gasteiger partial charge in [-0.2, -0.15) is 5.26 Å². The molecule has 1 N–H and O–H groups in total. The summed E-state index contributed by atoms with van der Waals surface area (Å²) in [4.78, 5) is 12.6. The highest BCUT2D eigenvalue weighted by Gasteiger charge is 2.13. The fraction of sp³-hybridized carbons (Fsp3) is 0.467. The molecule has 0 aliphatic rings. The van der Waals surface area contributed by atoms with Crippen molar-refractivity contribution in [1.29, 1.82) is 5.26 Å². The highest BCUT2D eigenvalue weighted by atomic mass is 19.1.